The van der Waals surface area contributed by atoms with Crippen LogP contribution in [0.15, 0.2) is 41.7 Å². The van der Waals surface area contributed by atoms with Crippen LogP contribution in [0.3, 0.4) is 0 Å². The normalized spacial score (nSPS) is 20.4. The van der Waals surface area contributed by atoms with E-state index in [0.717, 1.165) is 49.2 Å². The van der Waals surface area contributed by atoms with E-state index < -0.39 is 0 Å². The van der Waals surface area contributed by atoms with Crippen molar-refractivity contribution in [1.82, 2.24) is 19.9 Å². The van der Waals surface area contributed by atoms with Crippen LogP contribution in [0.1, 0.15) is 24.1 Å². The topological polar surface area (TPSA) is 71.1 Å². The van der Waals surface area contributed by atoms with Crippen molar-refractivity contribution in [2.24, 2.45) is 0 Å². The van der Waals surface area contributed by atoms with Gasteiger partial charge in [-0.25, -0.2) is 4.98 Å². The first-order valence-corrected chi connectivity index (χ1v) is 8.35. The molecule has 1 N–H and O–H groups in total. The number of aromatic amines is 1. The largest absolute Gasteiger partial charge is 0.497 e. The van der Waals surface area contributed by atoms with Gasteiger partial charge in [0.2, 0.25) is 0 Å². The van der Waals surface area contributed by atoms with Gasteiger partial charge in [-0.2, -0.15) is 0 Å². The van der Waals surface area contributed by atoms with E-state index in [4.69, 9.17) is 4.74 Å². The quantitative estimate of drug-likeness (QED) is 0.933. The summed E-state index contributed by atoms with van der Waals surface area (Å²) in [5.41, 5.74) is 2.47. The molecular weight excluding hydrogens is 304 g/mol. The van der Waals surface area contributed by atoms with Crippen LogP contribution in [0.25, 0.3) is 11.4 Å². The number of rotatable bonds is 3. The predicted molar refractivity (Wildman–Crippen MR) is 90.3 cm³/mol. The molecule has 0 saturated heterocycles. The van der Waals surface area contributed by atoms with Crippen molar-refractivity contribution in [3.8, 4) is 11.4 Å². The molecule has 124 valence electrons. The third-order valence-corrected chi connectivity index (χ3v) is 4.57. The molecule has 2 aliphatic heterocycles. The molecule has 1 atom stereocenters. The number of nitrogens with one attached hydrogen (secondary N) is 1. The van der Waals surface area contributed by atoms with Gasteiger partial charge in [-0.15, -0.1) is 0 Å². The Hall–Kier alpha value is -2.47. The van der Waals surface area contributed by atoms with Crippen LogP contribution >= 0.6 is 0 Å². The van der Waals surface area contributed by atoms with Crippen LogP contribution in [0, 0.1) is 0 Å². The lowest BCUT2D eigenvalue weighted by Gasteiger charge is -2.31. The molecule has 2 aromatic heterocycles. The van der Waals surface area contributed by atoms with Crippen molar-refractivity contribution in [3.05, 3.63) is 58.5 Å². The Morgan fingerprint density at radius 3 is 3.17 bits per heavy atom. The molecule has 2 aliphatic rings. The molecule has 0 aromatic carbocycles. The fraction of sp³-hybridized carbons (Fsp3) is 0.389. The Balaban J connectivity index is 1.54. The van der Waals surface area contributed by atoms with Crippen LogP contribution in [0.4, 0.5) is 0 Å². The summed E-state index contributed by atoms with van der Waals surface area (Å²) < 4.78 is 5.65. The van der Waals surface area contributed by atoms with Crippen LogP contribution in [0.2, 0.25) is 0 Å². The molecular formula is C18H20N4O2. The molecule has 0 aliphatic carbocycles. The first-order chi connectivity index (χ1) is 11.8. The SMILES string of the molecule is O=c1[nH]c(-c2cccnc2)nc2c1CN(C[C@H]1CCC=CO1)CC2. The Morgan fingerprint density at radius 1 is 1.42 bits per heavy atom. The van der Waals surface area contributed by atoms with E-state index in [1.54, 1.807) is 18.7 Å². The van der Waals surface area contributed by atoms with E-state index in [2.05, 4.69) is 25.9 Å². The fourth-order valence-electron chi connectivity index (χ4n) is 3.28. The first-order valence-electron chi connectivity index (χ1n) is 8.35. The van der Waals surface area contributed by atoms with Gasteiger partial charge in [0, 0.05) is 44.0 Å². The van der Waals surface area contributed by atoms with Crippen LogP contribution in [-0.2, 0) is 17.7 Å². The molecule has 4 rings (SSSR count). The van der Waals surface area contributed by atoms with Crippen LogP contribution in [0.5, 0.6) is 0 Å². The zero-order valence-corrected chi connectivity index (χ0v) is 13.4. The van der Waals surface area contributed by atoms with Gasteiger partial charge in [0.1, 0.15) is 11.9 Å². The van der Waals surface area contributed by atoms with E-state index >= 15 is 0 Å². The lowest BCUT2D eigenvalue weighted by molar-refractivity contribution is 0.0733. The monoisotopic (exact) mass is 324 g/mol. The highest BCUT2D eigenvalue weighted by molar-refractivity contribution is 5.53. The van der Waals surface area contributed by atoms with Crippen molar-refractivity contribution < 1.29 is 4.74 Å². The predicted octanol–water partition coefficient (Wildman–Crippen LogP) is 1.88. The van der Waals surface area contributed by atoms with Crippen molar-refractivity contribution >= 4 is 0 Å². The summed E-state index contributed by atoms with van der Waals surface area (Å²) in [5, 5.41) is 0. The van der Waals surface area contributed by atoms with Crippen LogP contribution in [-0.4, -0.2) is 39.0 Å². The van der Waals surface area contributed by atoms with Crippen molar-refractivity contribution in [3.63, 3.8) is 0 Å². The molecule has 0 bridgehead atoms. The van der Waals surface area contributed by atoms with Gasteiger partial charge in [0.15, 0.2) is 0 Å². The van der Waals surface area contributed by atoms with E-state index in [-0.39, 0.29) is 11.7 Å². The molecule has 2 aromatic rings. The lowest BCUT2D eigenvalue weighted by Crippen LogP contribution is -2.40. The molecule has 4 heterocycles. The summed E-state index contributed by atoms with van der Waals surface area (Å²) in [4.78, 5) is 26.4. The Morgan fingerprint density at radius 2 is 2.38 bits per heavy atom. The van der Waals surface area contributed by atoms with Crippen molar-refractivity contribution in [1.29, 1.82) is 0 Å². The van der Waals surface area contributed by atoms with E-state index in [0.29, 0.717) is 12.4 Å². The Labute approximate surface area is 140 Å². The second-order valence-electron chi connectivity index (χ2n) is 6.27. The number of aromatic nitrogens is 3. The van der Waals surface area contributed by atoms with E-state index in [1.807, 2.05) is 12.1 Å². The van der Waals surface area contributed by atoms with Gasteiger partial charge in [-0.05, 0) is 31.1 Å². The minimum Gasteiger partial charge on any atom is -0.497 e. The van der Waals surface area contributed by atoms with Crippen molar-refractivity contribution in [2.45, 2.75) is 31.9 Å². The van der Waals surface area contributed by atoms with Crippen LogP contribution < -0.4 is 5.56 Å². The van der Waals surface area contributed by atoms with Crippen molar-refractivity contribution in [2.75, 3.05) is 13.1 Å². The average molecular weight is 324 g/mol. The highest BCUT2D eigenvalue weighted by atomic mass is 16.5. The zero-order chi connectivity index (χ0) is 16.4. The number of ether oxygens (including phenoxy) is 1. The number of nitrogens with zero attached hydrogens (tertiary/aromatic N) is 3. The number of pyridine rings is 1. The number of hydrogen-bond acceptors (Lipinski definition) is 5. The standard InChI is InChI=1S/C18H20N4O2/c23-18-15-12-22(11-14-5-1-2-9-24-14)8-6-16(15)20-17(21-18)13-4-3-7-19-10-13/h2-4,7,9-10,14H,1,5-6,8,11-12H2,(H,20,21,23)/t14-/m1/s1. The first kappa shape index (κ1) is 15.1. The zero-order valence-electron chi connectivity index (χ0n) is 13.4. The summed E-state index contributed by atoms with van der Waals surface area (Å²) in [6, 6.07) is 3.75. The Kier molecular flexibility index (Phi) is 4.13. The minimum absolute atomic E-state index is 0.0481. The fourth-order valence-corrected chi connectivity index (χ4v) is 3.28. The van der Waals surface area contributed by atoms with Gasteiger partial charge in [0.05, 0.1) is 17.5 Å². The molecule has 6 heteroatoms. The van der Waals surface area contributed by atoms with Gasteiger partial charge >= 0.3 is 0 Å². The van der Waals surface area contributed by atoms with Gasteiger partial charge in [-0.1, -0.05) is 0 Å². The van der Waals surface area contributed by atoms with E-state index in [9.17, 15) is 4.79 Å². The second-order valence-corrected chi connectivity index (χ2v) is 6.27. The average Bonchev–Trinajstić information content (AvgIpc) is 2.64. The summed E-state index contributed by atoms with van der Waals surface area (Å²) in [7, 11) is 0. The number of allylic oxidation sites excluding steroid dienone is 1. The third-order valence-electron chi connectivity index (χ3n) is 4.57. The summed E-state index contributed by atoms with van der Waals surface area (Å²) in [6.45, 7) is 2.39. The number of hydrogen-bond donors (Lipinski definition) is 1. The lowest BCUT2D eigenvalue weighted by atomic mass is 10.0. The van der Waals surface area contributed by atoms with Gasteiger partial charge in [0.25, 0.3) is 5.56 Å². The molecule has 6 nitrogen and oxygen atoms in total. The smallest absolute Gasteiger partial charge is 0.255 e. The molecule has 0 unspecified atom stereocenters. The highest BCUT2D eigenvalue weighted by Crippen LogP contribution is 2.20. The minimum atomic E-state index is -0.0481. The molecule has 0 fully saturated rings. The highest BCUT2D eigenvalue weighted by Gasteiger charge is 2.24. The van der Waals surface area contributed by atoms with Gasteiger partial charge < -0.3 is 9.72 Å². The molecule has 0 spiro atoms. The summed E-state index contributed by atoms with van der Waals surface area (Å²) in [6.07, 6.45) is 10.4. The molecule has 24 heavy (non-hydrogen) atoms. The summed E-state index contributed by atoms with van der Waals surface area (Å²) >= 11 is 0. The second kappa shape index (κ2) is 6.57. The molecule has 0 saturated carbocycles. The molecule has 0 amide bonds. The molecule has 0 radical (unpaired) electrons. The van der Waals surface area contributed by atoms with Gasteiger partial charge in [-0.3, -0.25) is 14.7 Å². The van der Waals surface area contributed by atoms with E-state index in [1.165, 1.54) is 0 Å². The number of H-pyrrole nitrogens is 1. The maximum Gasteiger partial charge on any atom is 0.255 e. The maximum absolute atomic E-state index is 12.5. The maximum atomic E-state index is 12.5. The number of fused-ring (bicyclic) bond motifs is 1. The Bertz CT molecular complexity index is 800. The summed E-state index contributed by atoms with van der Waals surface area (Å²) in [5.74, 6) is 0.598. The third kappa shape index (κ3) is 3.10.